The molecule has 0 fully saturated rings. The van der Waals surface area contributed by atoms with Gasteiger partial charge in [0.2, 0.25) is 0 Å². The van der Waals surface area contributed by atoms with Crippen LogP contribution in [0.1, 0.15) is 35.9 Å². The highest BCUT2D eigenvalue weighted by atomic mass is 16.7. The Morgan fingerprint density at radius 3 is 2.61 bits per heavy atom. The summed E-state index contributed by atoms with van der Waals surface area (Å²) >= 11 is 0. The van der Waals surface area contributed by atoms with Gasteiger partial charge in [0.1, 0.15) is 11.3 Å². The van der Waals surface area contributed by atoms with E-state index >= 15 is 0 Å². The zero-order valence-corrected chi connectivity index (χ0v) is 13.3. The molecule has 2 heterocycles. The lowest BCUT2D eigenvalue weighted by Crippen LogP contribution is -2.29. The number of amides is 1. The van der Waals surface area contributed by atoms with E-state index in [-0.39, 0.29) is 11.8 Å². The van der Waals surface area contributed by atoms with Crippen LogP contribution in [0, 0.1) is 0 Å². The van der Waals surface area contributed by atoms with E-state index in [0.29, 0.717) is 16.8 Å². The highest BCUT2D eigenvalue weighted by molar-refractivity contribution is 6.12. The summed E-state index contributed by atoms with van der Waals surface area (Å²) in [7, 11) is 1.47. The summed E-state index contributed by atoms with van der Waals surface area (Å²) in [4.78, 5) is 22.1. The van der Waals surface area contributed by atoms with E-state index in [2.05, 4.69) is 18.8 Å². The average Bonchev–Trinajstić information content (AvgIpc) is 3.01. The van der Waals surface area contributed by atoms with E-state index in [1.165, 1.54) is 12.2 Å². The topological polar surface area (TPSA) is 55.6 Å². The molecule has 0 saturated carbocycles. The number of aromatic nitrogens is 1. The number of carbonyl (C=O) groups excluding carboxylic acids is 1. The Labute approximate surface area is 134 Å². The van der Waals surface area contributed by atoms with E-state index in [9.17, 15) is 4.79 Å². The molecule has 23 heavy (non-hydrogen) atoms. The number of furan rings is 1. The third kappa shape index (κ3) is 2.83. The van der Waals surface area contributed by atoms with Gasteiger partial charge >= 0.3 is 0 Å². The minimum Gasteiger partial charge on any atom is -0.461 e. The maximum Gasteiger partial charge on any atom is 0.282 e. The molecule has 118 valence electrons. The van der Waals surface area contributed by atoms with Crippen LogP contribution in [0.5, 0.6) is 0 Å². The van der Waals surface area contributed by atoms with Gasteiger partial charge in [0.15, 0.2) is 0 Å². The lowest BCUT2D eigenvalue weighted by molar-refractivity contribution is 0.0775. The van der Waals surface area contributed by atoms with Crippen molar-refractivity contribution in [2.24, 2.45) is 0 Å². The van der Waals surface area contributed by atoms with Gasteiger partial charge in [0, 0.05) is 23.7 Å². The molecule has 2 aromatic heterocycles. The van der Waals surface area contributed by atoms with Crippen LogP contribution < -0.4 is 5.06 Å². The van der Waals surface area contributed by atoms with Crippen LogP contribution in [-0.2, 0) is 4.84 Å². The first kappa shape index (κ1) is 15.2. The molecule has 3 aromatic rings. The zero-order valence-electron chi connectivity index (χ0n) is 13.3. The predicted molar refractivity (Wildman–Crippen MR) is 88.4 cm³/mol. The molecule has 0 saturated heterocycles. The zero-order chi connectivity index (χ0) is 16.4. The summed E-state index contributed by atoms with van der Waals surface area (Å²) in [6.45, 7) is 4.11. The summed E-state index contributed by atoms with van der Waals surface area (Å²) < 4.78 is 5.82. The molecular weight excluding hydrogens is 292 g/mol. The fraction of sp³-hybridized carbons (Fsp3) is 0.222. The van der Waals surface area contributed by atoms with E-state index < -0.39 is 0 Å². The second kappa shape index (κ2) is 6.22. The summed E-state index contributed by atoms with van der Waals surface area (Å²) in [6, 6.07) is 10.8. The van der Waals surface area contributed by atoms with Crippen LogP contribution in [0.2, 0.25) is 0 Å². The Hall–Kier alpha value is -2.66. The lowest BCUT2D eigenvalue weighted by atomic mass is 10.1. The summed E-state index contributed by atoms with van der Waals surface area (Å²) in [5, 5.41) is 2.04. The second-order valence-corrected chi connectivity index (χ2v) is 5.51. The van der Waals surface area contributed by atoms with Crippen molar-refractivity contribution in [3.63, 3.8) is 0 Å². The molecule has 0 aliphatic heterocycles. The number of pyridine rings is 1. The van der Waals surface area contributed by atoms with Crippen molar-refractivity contribution in [1.29, 1.82) is 0 Å². The Balaban J connectivity index is 2.06. The molecule has 0 atom stereocenters. The molecule has 0 unspecified atom stereocenters. The van der Waals surface area contributed by atoms with Crippen LogP contribution >= 0.6 is 0 Å². The van der Waals surface area contributed by atoms with Crippen LogP contribution in [0.15, 0.2) is 53.2 Å². The third-order valence-corrected chi connectivity index (χ3v) is 3.64. The average molecular weight is 310 g/mol. The highest BCUT2D eigenvalue weighted by Gasteiger charge is 2.21. The van der Waals surface area contributed by atoms with Gasteiger partial charge in [0.05, 0.1) is 18.4 Å². The maximum absolute atomic E-state index is 12.9. The highest BCUT2D eigenvalue weighted by Crippen LogP contribution is 2.29. The van der Waals surface area contributed by atoms with E-state index in [1.54, 1.807) is 30.6 Å². The van der Waals surface area contributed by atoms with Crippen molar-refractivity contribution >= 4 is 22.6 Å². The molecule has 5 nitrogen and oxygen atoms in total. The molecule has 0 radical (unpaired) electrons. The SMILES string of the molecule is CON(C(=O)c1cccc2oc(C(C)C)cc12)c1ccncc1. The van der Waals surface area contributed by atoms with E-state index in [0.717, 1.165) is 11.1 Å². The third-order valence-electron chi connectivity index (χ3n) is 3.64. The molecule has 0 aliphatic carbocycles. The van der Waals surface area contributed by atoms with Crippen molar-refractivity contribution in [2.45, 2.75) is 19.8 Å². The molecule has 0 N–H and O–H groups in total. The van der Waals surface area contributed by atoms with Crippen LogP contribution in [0.3, 0.4) is 0 Å². The summed E-state index contributed by atoms with van der Waals surface area (Å²) in [6.07, 6.45) is 3.23. The van der Waals surface area contributed by atoms with Gasteiger partial charge in [-0.1, -0.05) is 19.9 Å². The maximum atomic E-state index is 12.9. The molecule has 0 bridgehead atoms. The number of anilines is 1. The Kier molecular flexibility index (Phi) is 4.12. The smallest absolute Gasteiger partial charge is 0.282 e. The van der Waals surface area contributed by atoms with Crippen LogP contribution in [0.4, 0.5) is 5.69 Å². The van der Waals surface area contributed by atoms with Crippen molar-refractivity contribution in [3.05, 3.63) is 60.1 Å². The Morgan fingerprint density at radius 1 is 1.22 bits per heavy atom. The minimum atomic E-state index is -0.250. The first-order valence-electron chi connectivity index (χ1n) is 7.43. The molecule has 0 aliphatic rings. The van der Waals surface area contributed by atoms with Gasteiger partial charge in [-0.2, -0.15) is 5.06 Å². The minimum absolute atomic E-state index is 0.250. The molecule has 0 spiro atoms. The Morgan fingerprint density at radius 2 is 1.96 bits per heavy atom. The fourth-order valence-electron chi connectivity index (χ4n) is 2.45. The summed E-state index contributed by atoms with van der Waals surface area (Å²) in [5.41, 5.74) is 1.86. The summed E-state index contributed by atoms with van der Waals surface area (Å²) in [5.74, 6) is 0.859. The van der Waals surface area contributed by atoms with Crippen molar-refractivity contribution in [2.75, 3.05) is 12.2 Å². The Bertz CT molecular complexity index is 825. The molecule has 3 rings (SSSR count). The van der Waals surface area contributed by atoms with Gasteiger partial charge in [-0.05, 0) is 30.3 Å². The molecule has 5 heteroatoms. The number of hydrogen-bond donors (Lipinski definition) is 0. The van der Waals surface area contributed by atoms with Gasteiger partial charge in [0.25, 0.3) is 5.91 Å². The first-order valence-corrected chi connectivity index (χ1v) is 7.43. The lowest BCUT2D eigenvalue weighted by Gasteiger charge is -2.19. The second-order valence-electron chi connectivity index (χ2n) is 5.51. The number of hydrogen-bond acceptors (Lipinski definition) is 4. The number of benzene rings is 1. The quantitative estimate of drug-likeness (QED) is 0.679. The number of carbonyl (C=O) groups is 1. The van der Waals surface area contributed by atoms with Gasteiger partial charge in [-0.15, -0.1) is 0 Å². The number of nitrogens with zero attached hydrogens (tertiary/aromatic N) is 2. The number of rotatable bonds is 4. The van der Waals surface area contributed by atoms with Crippen molar-refractivity contribution in [1.82, 2.24) is 4.98 Å². The molecular formula is C18H18N2O3. The van der Waals surface area contributed by atoms with Gasteiger partial charge in [-0.3, -0.25) is 14.6 Å². The molecule has 1 aromatic carbocycles. The number of hydroxylamine groups is 1. The monoisotopic (exact) mass is 310 g/mol. The van der Waals surface area contributed by atoms with Crippen molar-refractivity contribution < 1.29 is 14.0 Å². The van der Waals surface area contributed by atoms with E-state index in [4.69, 9.17) is 9.25 Å². The van der Waals surface area contributed by atoms with E-state index in [1.807, 2.05) is 18.2 Å². The van der Waals surface area contributed by atoms with Crippen LogP contribution in [0.25, 0.3) is 11.0 Å². The first-order chi connectivity index (χ1) is 11.1. The van der Waals surface area contributed by atoms with Crippen LogP contribution in [-0.4, -0.2) is 18.0 Å². The predicted octanol–water partition coefficient (Wildman–Crippen LogP) is 4.16. The number of fused-ring (bicyclic) bond motifs is 1. The fourth-order valence-corrected chi connectivity index (χ4v) is 2.45. The largest absolute Gasteiger partial charge is 0.461 e. The normalized spacial score (nSPS) is 11.1. The van der Waals surface area contributed by atoms with Gasteiger partial charge in [-0.25, -0.2) is 0 Å². The van der Waals surface area contributed by atoms with Crippen molar-refractivity contribution in [3.8, 4) is 0 Å². The van der Waals surface area contributed by atoms with Gasteiger partial charge < -0.3 is 4.42 Å². The standard InChI is InChI=1S/C18H18N2O3/c1-12(2)17-11-15-14(5-4-6-16(15)23-17)18(21)20(22-3)13-7-9-19-10-8-13/h4-12H,1-3H3. The molecule has 1 amide bonds.